The topological polar surface area (TPSA) is 95.9 Å². The molecule has 0 heterocycles. The number of carboxylic acids is 1. The summed E-state index contributed by atoms with van der Waals surface area (Å²) in [4.78, 5) is 23.1. The zero-order valence-corrected chi connectivity index (χ0v) is 23.7. The maximum absolute atomic E-state index is 11.8. The van der Waals surface area contributed by atoms with Gasteiger partial charge >= 0.3 is 5.97 Å². The molecule has 0 radical (unpaired) electrons. The molecular weight excluding hydrogens is 458 g/mol. The highest BCUT2D eigenvalue weighted by Gasteiger charge is 2.24. The fourth-order valence-electron chi connectivity index (χ4n) is 4.06. The molecule has 0 spiro atoms. The third kappa shape index (κ3) is 21.8. The summed E-state index contributed by atoms with van der Waals surface area (Å²) >= 11 is 0. The van der Waals surface area contributed by atoms with Gasteiger partial charge in [-0.2, -0.15) is 0 Å². The lowest BCUT2D eigenvalue weighted by molar-refractivity contribution is -0.889. The van der Waals surface area contributed by atoms with Crippen LogP contribution < -0.4 is 5.11 Å². The second-order valence-corrected chi connectivity index (χ2v) is 10.8. The van der Waals surface area contributed by atoms with Crippen molar-refractivity contribution in [2.75, 3.05) is 41.0 Å². The number of likely N-dealkylation sites (N-methyl/N-ethyl adjacent to an activating group) is 1. The molecule has 1 N–H and O–H groups in total. The first-order chi connectivity index (χ1) is 17.2. The lowest BCUT2D eigenvalue weighted by Crippen LogP contribution is -2.55. The van der Waals surface area contributed by atoms with E-state index in [1.807, 2.05) is 0 Å². The van der Waals surface area contributed by atoms with Gasteiger partial charge in [0.25, 0.3) is 0 Å². The molecule has 0 aromatic carbocycles. The largest absolute Gasteiger partial charge is 0.544 e. The normalized spacial score (nSPS) is 13.7. The first-order valence-corrected chi connectivity index (χ1v) is 14.3. The highest BCUT2D eigenvalue weighted by Crippen LogP contribution is 2.11. The number of carbonyl (C=O) groups is 2. The first-order valence-electron chi connectivity index (χ1n) is 14.3. The minimum atomic E-state index is -1.12. The van der Waals surface area contributed by atoms with Gasteiger partial charge in [0.05, 0.1) is 40.3 Å². The average molecular weight is 514 g/mol. The molecule has 212 valence electrons. The predicted molar refractivity (Wildman–Crippen MR) is 143 cm³/mol. The number of nitrogens with zero attached hydrogens (tertiary/aromatic N) is 1. The molecular formula is C29H55NO6. The first kappa shape index (κ1) is 34.6. The number of allylic oxidation sites excluding steroid dienone is 2. The van der Waals surface area contributed by atoms with Crippen LogP contribution in [0.25, 0.3) is 0 Å². The van der Waals surface area contributed by atoms with Gasteiger partial charge in [-0.15, -0.1) is 0 Å². The Balaban J connectivity index is 3.55. The van der Waals surface area contributed by atoms with Crippen molar-refractivity contribution in [2.45, 2.75) is 122 Å². The molecule has 0 aliphatic rings. The number of esters is 1. The quantitative estimate of drug-likeness (QED) is 0.0833. The highest BCUT2D eigenvalue weighted by molar-refractivity contribution is 5.69. The number of quaternary nitrogens is 1. The maximum Gasteiger partial charge on any atom is 0.305 e. The minimum absolute atomic E-state index is 0.00230. The molecule has 2 unspecified atom stereocenters. The molecule has 0 rings (SSSR count). The fraction of sp³-hybridized carbons (Fsp3) is 0.862. The summed E-state index contributed by atoms with van der Waals surface area (Å²) in [5, 5.41) is 21.1. The number of unbranched alkanes of at least 4 members (excludes halogenated alkanes) is 12. The van der Waals surface area contributed by atoms with Crippen molar-refractivity contribution in [3.8, 4) is 0 Å². The van der Waals surface area contributed by atoms with Crippen molar-refractivity contribution >= 4 is 11.9 Å². The number of aliphatic hydroxyl groups is 1. The summed E-state index contributed by atoms with van der Waals surface area (Å²) in [5.74, 6) is -1.42. The zero-order valence-electron chi connectivity index (χ0n) is 23.7. The van der Waals surface area contributed by atoms with Gasteiger partial charge in [-0.3, -0.25) is 4.79 Å². The molecule has 0 aromatic rings. The molecule has 0 saturated heterocycles. The number of rotatable bonds is 25. The standard InChI is InChI=1S/C29H55NO6/c1-5-6-7-8-9-10-11-12-13-14-15-16-17-18-19-20-21-28(32)36-25-26(31)24-35-23-22-27(29(33)34)30(2,3)4/h13-14,26-27,31H,5-12,15-25H2,1-4H3/b14-13-. The number of hydrogen-bond acceptors (Lipinski definition) is 6. The van der Waals surface area contributed by atoms with Crippen molar-refractivity contribution in [3.05, 3.63) is 12.2 Å². The molecule has 2 atom stereocenters. The van der Waals surface area contributed by atoms with Gasteiger partial charge < -0.3 is 29.0 Å². The van der Waals surface area contributed by atoms with Gasteiger partial charge in [-0.05, 0) is 32.1 Å². The third-order valence-electron chi connectivity index (χ3n) is 6.38. The molecule has 0 aliphatic heterocycles. The number of hydrogen-bond donors (Lipinski definition) is 1. The Kier molecular flexibility index (Phi) is 21.8. The molecule has 0 amide bonds. The monoisotopic (exact) mass is 513 g/mol. The summed E-state index contributed by atoms with van der Waals surface area (Å²) in [6.45, 7) is 2.33. The average Bonchev–Trinajstić information content (AvgIpc) is 2.81. The van der Waals surface area contributed by atoms with Gasteiger partial charge in [-0.1, -0.05) is 76.9 Å². The van der Waals surface area contributed by atoms with Crippen LogP contribution in [-0.2, 0) is 19.1 Å². The van der Waals surface area contributed by atoms with Crippen molar-refractivity contribution in [2.24, 2.45) is 0 Å². The molecule has 7 nitrogen and oxygen atoms in total. The Labute approximate surface area is 220 Å². The molecule has 0 saturated carbocycles. The summed E-state index contributed by atoms with van der Waals surface area (Å²) in [5.41, 5.74) is 0. The van der Waals surface area contributed by atoms with E-state index in [0.29, 0.717) is 6.42 Å². The van der Waals surface area contributed by atoms with Crippen LogP contribution in [0.1, 0.15) is 110 Å². The zero-order chi connectivity index (χ0) is 27.1. The molecule has 7 heteroatoms. The van der Waals surface area contributed by atoms with Crippen LogP contribution in [0.5, 0.6) is 0 Å². The number of carbonyl (C=O) groups excluding carboxylic acids is 2. The van der Waals surface area contributed by atoms with Crippen LogP contribution in [0.3, 0.4) is 0 Å². The SMILES string of the molecule is CCCCCCCCC/C=C\CCCCCCCC(=O)OCC(O)COCCC(C(=O)[O-])[N+](C)(C)C. The van der Waals surface area contributed by atoms with Gasteiger partial charge in [0.2, 0.25) is 0 Å². The van der Waals surface area contributed by atoms with Crippen molar-refractivity contribution in [1.82, 2.24) is 0 Å². The van der Waals surface area contributed by atoms with Crippen LogP contribution >= 0.6 is 0 Å². The Morgan fingerprint density at radius 2 is 1.36 bits per heavy atom. The summed E-state index contributed by atoms with van der Waals surface area (Å²) in [6, 6.07) is -0.684. The third-order valence-corrected chi connectivity index (χ3v) is 6.38. The van der Waals surface area contributed by atoms with Crippen LogP contribution in [0.4, 0.5) is 0 Å². The number of ether oxygens (including phenoxy) is 2. The smallest absolute Gasteiger partial charge is 0.305 e. The maximum atomic E-state index is 11.8. The van der Waals surface area contributed by atoms with Crippen molar-refractivity contribution < 1.29 is 33.8 Å². The molecule has 0 bridgehead atoms. The molecule has 0 aromatic heterocycles. The fourth-order valence-corrected chi connectivity index (χ4v) is 4.06. The number of aliphatic hydroxyl groups excluding tert-OH is 1. The Morgan fingerprint density at radius 3 is 1.89 bits per heavy atom. The van der Waals surface area contributed by atoms with Gasteiger partial charge in [0.15, 0.2) is 0 Å². The summed E-state index contributed by atoms with van der Waals surface area (Å²) in [7, 11) is 5.35. The van der Waals surface area contributed by atoms with E-state index in [0.717, 1.165) is 25.7 Å². The van der Waals surface area contributed by atoms with Crippen LogP contribution in [0, 0.1) is 0 Å². The number of carboxylic acid groups (broad SMARTS) is 1. The molecule has 36 heavy (non-hydrogen) atoms. The van der Waals surface area contributed by atoms with E-state index < -0.39 is 18.1 Å². The van der Waals surface area contributed by atoms with Crippen molar-refractivity contribution in [3.63, 3.8) is 0 Å². The Hall–Kier alpha value is -1.44. The van der Waals surface area contributed by atoms with Crippen LogP contribution in [0.2, 0.25) is 0 Å². The lowest BCUT2D eigenvalue weighted by Gasteiger charge is -2.34. The van der Waals surface area contributed by atoms with E-state index in [1.54, 1.807) is 21.1 Å². The Bertz CT molecular complexity index is 573. The van der Waals surface area contributed by atoms with E-state index >= 15 is 0 Å². The highest BCUT2D eigenvalue weighted by atomic mass is 16.5. The lowest BCUT2D eigenvalue weighted by atomic mass is 10.1. The van der Waals surface area contributed by atoms with E-state index in [-0.39, 0.29) is 36.7 Å². The molecule has 0 fully saturated rings. The van der Waals surface area contributed by atoms with E-state index in [4.69, 9.17) is 9.47 Å². The van der Waals surface area contributed by atoms with E-state index in [2.05, 4.69) is 19.1 Å². The molecule has 0 aliphatic carbocycles. The second-order valence-electron chi connectivity index (χ2n) is 10.8. The van der Waals surface area contributed by atoms with E-state index in [1.165, 1.54) is 64.2 Å². The van der Waals surface area contributed by atoms with Gasteiger partial charge in [-0.25, -0.2) is 0 Å². The number of aliphatic carboxylic acids is 1. The summed E-state index contributed by atoms with van der Waals surface area (Å²) < 4.78 is 10.7. The van der Waals surface area contributed by atoms with E-state index in [9.17, 15) is 19.8 Å². The minimum Gasteiger partial charge on any atom is -0.544 e. The van der Waals surface area contributed by atoms with Crippen molar-refractivity contribution in [1.29, 1.82) is 0 Å². The second kappa shape index (κ2) is 22.7. The van der Waals surface area contributed by atoms with Crippen LogP contribution in [-0.4, -0.2) is 74.6 Å². The van der Waals surface area contributed by atoms with Crippen LogP contribution in [0.15, 0.2) is 12.2 Å². The Morgan fingerprint density at radius 1 is 0.833 bits per heavy atom. The van der Waals surface area contributed by atoms with Gasteiger partial charge in [0, 0.05) is 12.8 Å². The van der Waals surface area contributed by atoms with Gasteiger partial charge in [0.1, 0.15) is 18.8 Å². The predicted octanol–water partition coefficient (Wildman–Crippen LogP) is 4.55. The summed E-state index contributed by atoms with van der Waals surface area (Å²) in [6.07, 6.45) is 21.5.